The summed E-state index contributed by atoms with van der Waals surface area (Å²) < 4.78 is 22.5. The maximum absolute atomic E-state index is 15.2. The predicted molar refractivity (Wildman–Crippen MR) is 106 cm³/mol. The smallest absolute Gasteiger partial charge is 0.229 e. The van der Waals surface area contributed by atoms with Crippen LogP contribution in [-0.4, -0.2) is 67.8 Å². The number of rotatable bonds is 2. The van der Waals surface area contributed by atoms with Crippen molar-refractivity contribution in [2.45, 2.75) is 19.1 Å². The van der Waals surface area contributed by atoms with E-state index in [4.69, 9.17) is 4.74 Å². The van der Waals surface area contributed by atoms with Crippen molar-refractivity contribution in [2.75, 3.05) is 31.1 Å². The van der Waals surface area contributed by atoms with Gasteiger partial charge in [-0.05, 0) is 6.42 Å². The molecule has 11 heteroatoms. The van der Waals surface area contributed by atoms with Gasteiger partial charge in [0, 0.05) is 36.9 Å². The summed E-state index contributed by atoms with van der Waals surface area (Å²) in [6.07, 6.45) is 6.74. The molecule has 5 heterocycles. The zero-order valence-corrected chi connectivity index (χ0v) is 16.6. The molecule has 2 unspecified atom stereocenters. The number of nitriles is 1. The van der Waals surface area contributed by atoms with Gasteiger partial charge in [0.25, 0.3) is 0 Å². The van der Waals surface area contributed by atoms with Crippen LogP contribution in [0, 0.1) is 17.2 Å². The molecule has 10 nitrogen and oxygen atoms in total. The summed E-state index contributed by atoms with van der Waals surface area (Å²) in [5.41, 5.74) is 1.54. The van der Waals surface area contributed by atoms with Gasteiger partial charge in [0.1, 0.15) is 36.5 Å². The molecule has 2 aliphatic rings. The number of halogens is 1. The predicted octanol–water partition coefficient (Wildman–Crippen LogP) is 0.977. The highest BCUT2D eigenvalue weighted by atomic mass is 19.1. The Kier molecular flexibility index (Phi) is 4.82. The highest BCUT2D eigenvalue weighted by Gasteiger charge is 2.38. The van der Waals surface area contributed by atoms with E-state index in [9.17, 15) is 10.1 Å². The van der Waals surface area contributed by atoms with E-state index in [1.807, 2.05) is 4.90 Å². The molecule has 158 valence electrons. The molecule has 1 fully saturated rings. The summed E-state index contributed by atoms with van der Waals surface area (Å²) in [4.78, 5) is 29.2. The summed E-state index contributed by atoms with van der Waals surface area (Å²) >= 11 is 0. The van der Waals surface area contributed by atoms with Crippen LogP contribution in [0.15, 0.2) is 31.1 Å². The van der Waals surface area contributed by atoms with Crippen LogP contribution in [0.4, 0.5) is 10.2 Å². The van der Waals surface area contributed by atoms with Crippen molar-refractivity contribution in [1.82, 2.24) is 29.5 Å². The highest BCUT2D eigenvalue weighted by molar-refractivity contribution is 5.80. The van der Waals surface area contributed by atoms with Gasteiger partial charge in [-0.15, -0.1) is 0 Å². The Morgan fingerprint density at radius 1 is 1.29 bits per heavy atom. The van der Waals surface area contributed by atoms with Crippen LogP contribution in [-0.2, 0) is 11.3 Å². The Bertz CT molecular complexity index is 1180. The lowest BCUT2D eigenvalue weighted by Crippen LogP contribution is -2.49. The summed E-state index contributed by atoms with van der Waals surface area (Å²) in [6, 6.07) is 2.05. The van der Waals surface area contributed by atoms with Gasteiger partial charge in [0.2, 0.25) is 5.91 Å². The molecule has 0 aromatic carbocycles. The number of pyridine rings is 1. The van der Waals surface area contributed by atoms with E-state index in [2.05, 4.69) is 26.1 Å². The maximum Gasteiger partial charge on any atom is 0.229 e. The van der Waals surface area contributed by atoms with E-state index in [1.54, 1.807) is 28.0 Å². The number of fused-ring (bicyclic) bond motifs is 2. The topological polar surface area (TPSA) is 113 Å². The van der Waals surface area contributed by atoms with Crippen LogP contribution in [0.5, 0.6) is 5.75 Å². The lowest BCUT2D eigenvalue weighted by atomic mass is 9.93. The number of aromatic nitrogens is 5. The fourth-order valence-corrected chi connectivity index (χ4v) is 4.16. The average Bonchev–Trinajstić information content (AvgIpc) is 3.17. The summed E-state index contributed by atoms with van der Waals surface area (Å²) in [7, 11) is 0. The largest absolute Gasteiger partial charge is 0.490 e. The Balaban J connectivity index is 1.32. The van der Waals surface area contributed by atoms with Gasteiger partial charge < -0.3 is 14.5 Å². The van der Waals surface area contributed by atoms with Gasteiger partial charge in [-0.25, -0.2) is 18.9 Å². The molecule has 5 rings (SSSR count). The number of amides is 1. The van der Waals surface area contributed by atoms with Gasteiger partial charge in [-0.3, -0.25) is 9.78 Å². The van der Waals surface area contributed by atoms with Crippen molar-refractivity contribution >= 4 is 17.4 Å². The van der Waals surface area contributed by atoms with Crippen molar-refractivity contribution < 1.29 is 13.9 Å². The van der Waals surface area contributed by atoms with Gasteiger partial charge in [-0.2, -0.15) is 10.4 Å². The molecule has 0 N–H and O–H groups in total. The molecule has 31 heavy (non-hydrogen) atoms. The van der Waals surface area contributed by atoms with E-state index < -0.39 is 12.1 Å². The second-order valence-corrected chi connectivity index (χ2v) is 7.53. The second kappa shape index (κ2) is 7.79. The van der Waals surface area contributed by atoms with Crippen LogP contribution < -0.4 is 9.64 Å². The number of carbonyl (C=O) groups excluding carboxylic acids is 1. The molecule has 0 saturated carbocycles. The SMILES string of the molecule is N#Cc1cncc2c1OCCN(C(=O)C1CCN(c3nccn4ncnc34)CC1F)C2. The normalized spacial score (nSPS) is 21.2. The Hall–Kier alpha value is -3.81. The first kappa shape index (κ1) is 19.2. The lowest BCUT2D eigenvalue weighted by molar-refractivity contribution is -0.139. The van der Waals surface area contributed by atoms with E-state index >= 15 is 4.39 Å². The minimum Gasteiger partial charge on any atom is -0.490 e. The molecule has 0 bridgehead atoms. The number of anilines is 1. The number of hydrogen-bond acceptors (Lipinski definition) is 8. The second-order valence-electron chi connectivity index (χ2n) is 7.53. The minimum atomic E-state index is -1.35. The number of piperidine rings is 1. The van der Waals surface area contributed by atoms with Crippen LogP contribution in [0.2, 0.25) is 0 Å². The zero-order chi connectivity index (χ0) is 21.4. The maximum atomic E-state index is 15.2. The highest BCUT2D eigenvalue weighted by Crippen LogP contribution is 2.30. The average molecular weight is 422 g/mol. The number of alkyl halides is 1. The first-order chi connectivity index (χ1) is 15.2. The van der Waals surface area contributed by atoms with Crippen LogP contribution in [0.3, 0.4) is 0 Å². The van der Waals surface area contributed by atoms with Crippen molar-refractivity contribution in [2.24, 2.45) is 5.92 Å². The van der Waals surface area contributed by atoms with E-state index in [0.29, 0.717) is 47.9 Å². The third-order valence-corrected chi connectivity index (χ3v) is 5.71. The summed E-state index contributed by atoms with van der Waals surface area (Å²) in [6.45, 7) is 1.34. The molecule has 3 aromatic rings. The molecule has 2 aliphatic heterocycles. The Labute approximate surface area is 176 Å². The number of hydrogen-bond donors (Lipinski definition) is 0. The van der Waals surface area contributed by atoms with Gasteiger partial charge >= 0.3 is 0 Å². The van der Waals surface area contributed by atoms with E-state index in [0.717, 1.165) is 0 Å². The molecule has 0 spiro atoms. The summed E-state index contributed by atoms with van der Waals surface area (Å²) in [5.74, 6) is 0.00904. The van der Waals surface area contributed by atoms with Gasteiger partial charge in [0.15, 0.2) is 11.5 Å². The first-order valence-electron chi connectivity index (χ1n) is 9.97. The molecular weight excluding hydrogens is 403 g/mol. The number of carbonyl (C=O) groups is 1. The van der Waals surface area contributed by atoms with Gasteiger partial charge in [0.05, 0.1) is 25.6 Å². The number of nitrogens with zero attached hydrogens (tertiary/aromatic N) is 8. The Morgan fingerprint density at radius 3 is 3.03 bits per heavy atom. The van der Waals surface area contributed by atoms with Crippen molar-refractivity contribution in [3.8, 4) is 11.8 Å². The van der Waals surface area contributed by atoms with Crippen molar-refractivity contribution in [1.29, 1.82) is 5.26 Å². The third-order valence-electron chi connectivity index (χ3n) is 5.71. The van der Waals surface area contributed by atoms with E-state index in [1.165, 1.54) is 12.5 Å². The molecule has 0 radical (unpaired) electrons. The van der Waals surface area contributed by atoms with Crippen LogP contribution in [0.1, 0.15) is 17.5 Å². The monoisotopic (exact) mass is 422 g/mol. The Morgan fingerprint density at radius 2 is 2.19 bits per heavy atom. The zero-order valence-electron chi connectivity index (χ0n) is 16.6. The lowest BCUT2D eigenvalue weighted by Gasteiger charge is -2.36. The van der Waals surface area contributed by atoms with Crippen molar-refractivity contribution in [3.05, 3.63) is 42.2 Å². The van der Waals surface area contributed by atoms with Crippen molar-refractivity contribution in [3.63, 3.8) is 0 Å². The molecule has 2 atom stereocenters. The quantitative estimate of drug-likeness (QED) is 0.601. The molecule has 3 aromatic heterocycles. The molecule has 1 amide bonds. The van der Waals surface area contributed by atoms with Crippen LogP contribution in [0.25, 0.3) is 5.65 Å². The summed E-state index contributed by atoms with van der Waals surface area (Å²) in [5, 5.41) is 13.3. The molecule has 1 saturated heterocycles. The minimum absolute atomic E-state index is 0.0526. The fraction of sp³-hybridized carbons (Fsp3) is 0.400. The standard InChI is InChI=1S/C20H19FN8O2/c21-16-11-27(18-19-25-12-26-29(19)4-2-24-18)3-1-15(16)20(30)28-5-6-31-17-13(7-22)8-23-9-14(17)10-28/h2,4,8-9,12,15-16H,1,3,5-6,10-11H2. The molecular formula is C20H19FN8O2. The van der Waals surface area contributed by atoms with Gasteiger partial charge in [-0.1, -0.05) is 0 Å². The van der Waals surface area contributed by atoms with Crippen LogP contribution >= 0.6 is 0 Å². The fourth-order valence-electron chi connectivity index (χ4n) is 4.16. The third kappa shape index (κ3) is 3.39. The number of ether oxygens (including phenoxy) is 1. The molecule has 0 aliphatic carbocycles. The first-order valence-corrected chi connectivity index (χ1v) is 9.97. The van der Waals surface area contributed by atoms with E-state index in [-0.39, 0.29) is 25.6 Å².